The number of aliphatic hydroxyl groups is 1. The van der Waals surface area contributed by atoms with Crippen LogP contribution >= 0.6 is 11.3 Å². The van der Waals surface area contributed by atoms with Crippen LogP contribution in [-0.4, -0.2) is 70.9 Å². The zero-order valence-electron chi connectivity index (χ0n) is 23.1. The Morgan fingerprint density at radius 3 is 2.50 bits per heavy atom. The summed E-state index contributed by atoms with van der Waals surface area (Å²) in [5.41, 5.74) is -0.590. The third kappa shape index (κ3) is 4.92. The molecular weight excluding hydrogens is 567 g/mol. The van der Waals surface area contributed by atoms with E-state index in [9.17, 15) is 29.0 Å². The number of halogens is 1. The molecular formula is C28H31FN6O6S. The minimum atomic E-state index is -0.983. The standard InChI is InChI=1S/C28H31FN6O6S/c1-15-23-25(39)34(20-9-12-32(2)24(20)38)28(40)33(27(23)42-26(15)35-30-10-11-31-35)14-22(19-13-16(29)3-8-21(19)37)41-18-6-4-17(36)5-7-18/h3,8,10-11,13,17-18,20,22,36-37H,4-7,9,12,14H2,1-2H3. The predicted molar refractivity (Wildman–Crippen MR) is 151 cm³/mol. The van der Waals surface area contributed by atoms with E-state index in [1.54, 1.807) is 14.0 Å². The number of phenolic OH excluding ortho intramolecular Hbond substituents is 1. The molecule has 2 aliphatic rings. The van der Waals surface area contributed by atoms with Crippen molar-refractivity contribution in [3.05, 3.63) is 68.4 Å². The minimum Gasteiger partial charge on any atom is -0.508 e. The maximum atomic E-state index is 14.5. The second-order valence-corrected chi connectivity index (χ2v) is 11.9. The summed E-state index contributed by atoms with van der Waals surface area (Å²) in [5, 5.41) is 29.9. The molecule has 0 bridgehead atoms. The molecule has 0 spiro atoms. The summed E-state index contributed by atoms with van der Waals surface area (Å²) >= 11 is 1.15. The molecule has 1 saturated carbocycles. The quantitative estimate of drug-likeness (QED) is 0.330. The van der Waals surface area contributed by atoms with Gasteiger partial charge in [-0.15, -0.1) is 4.80 Å². The number of likely N-dealkylation sites (N-methyl/N-ethyl adjacent to an activating group) is 1. The van der Waals surface area contributed by atoms with Gasteiger partial charge in [0.2, 0.25) is 5.91 Å². The second-order valence-electron chi connectivity index (χ2n) is 10.9. The molecule has 1 aliphatic carbocycles. The first kappa shape index (κ1) is 28.2. The number of aromatic hydroxyl groups is 1. The van der Waals surface area contributed by atoms with Gasteiger partial charge in [-0.2, -0.15) is 10.2 Å². The van der Waals surface area contributed by atoms with Crippen LogP contribution in [0.1, 0.15) is 55.4 Å². The number of thiophene rings is 1. The van der Waals surface area contributed by atoms with E-state index < -0.39 is 35.3 Å². The van der Waals surface area contributed by atoms with Gasteiger partial charge in [0.25, 0.3) is 5.56 Å². The molecule has 222 valence electrons. The molecule has 1 aliphatic heterocycles. The lowest BCUT2D eigenvalue weighted by molar-refractivity contribution is -0.129. The fraction of sp³-hybridized carbons (Fsp3) is 0.464. The Hall–Kier alpha value is -3.88. The Balaban J connectivity index is 1.55. The lowest BCUT2D eigenvalue weighted by Gasteiger charge is -2.30. The molecule has 2 unspecified atom stereocenters. The molecule has 14 heteroatoms. The van der Waals surface area contributed by atoms with Crippen LogP contribution in [0.4, 0.5) is 4.39 Å². The molecule has 2 atom stereocenters. The summed E-state index contributed by atoms with van der Waals surface area (Å²) in [6.45, 7) is 1.96. The van der Waals surface area contributed by atoms with Crippen LogP contribution in [0.15, 0.2) is 40.2 Å². The van der Waals surface area contributed by atoms with E-state index in [4.69, 9.17) is 4.74 Å². The fourth-order valence-corrected chi connectivity index (χ4v) is 7.14. The molecule has 2 fully saturated rings. The van der Waals surface area contributed by atoms with Gasteiger partial charge in [0.05, 0.1) is 36.5 Å². The highest BCUT2D eigenvalue weighted by Gasteiger charge is 2.36. The monoisotopic (exact) mass is 598 g/mol. The summed E-state index contributed by atoms with van der Waals surface area (Å²) in [6, 6.07) is 2.56. The normalized spacial score (nSPS) is 21.9. The van der Waals surface area contributed by atoms with Crippen LogP contribution in [0.5, 0.6) is 5.75 Å². The molecule has 6 rings (SSSR count). The number of benzene rings is 1. The molecule has 4 aromatic rings. The predicted octanol–water partition coefficient (Wildman–Crippen LogP) is 2.42. The summed E-state index contributed by atoms with van der Waals surface area (Å²) in [5.74, 6) is -1.12. The van der Waals surface area contributed by atoms with Crippen molar-refractivity contribution >= 4 is 27.5 Å². The lowest BCUT2D eigenvalue weighted by Crippen LogP contribution is -2.45. The van der Waals surface area contributed by atoms with Crippen molar-refractivity contribution in [2.75, 3.05) is 13.6 Å². The number of aryl methyl sites for hydroxylation is 1. The zero-order valence-corrected chi connectivity index (χ0v) is 24.0. The van der Waals surface area contributed by atoms with Crippen molar-refractivity contribution in [3.8, 4) is 10.8 Å². The maximum absolute atomic E-state index is 14.5. The number of carbonyl (C=O) groups is 1. The van der Waals surface area contributed by atoms with Crippen molar-refractivity contribution < 1.29 is 24.1 Å². The Morgan fingerprint density at radius 1 is 1.12 bits per heavy atom. The number of ether oxygens (including phenoxy) is 1. The smallest absolute Gasteiger partial charge is 0.332 e. The van der Waals surface area contributed by atoms with Gasteiger partial charge < -0.3 is 19.8 Å². The third-order valence-corrected chi connectivity index (χ3v) is 9.50. The summed E-state index contributed by atoms with van der Waals surface area (Å²) in [6.07, 6.45) is 3.73. The first-order chi connectivity index (χ1) is 20.1. The Kier molecular flexibility index (Phi) is 7.45. The SMILES string of the molecule is Cc1c(-n2nccn2)sc2c1c(=O)n(C1CCN(C)C1=O)c(=O)n2CC(OC1CCC(O)CC1)c1cc(F)ccc1O. The first-order valence-electron chi connectivity index (χ1n) is 13.9. The van der Waals surface area contributed by atoms with Gasteiger partial charge in [-0.05, 0) is 57.2 Å². The first-order valence-corrected chi connectivity index (χ1v) is 14.7. The lowest BCUT2D eigenvalue weighted by atomic mass is 9.94. The number of hydrogen-bond acceptors (Lipinski definition) is 9. The van der Waals surface area contributed by atoms with Gasteiger partial charge in [-0.1, -0.05) is 11.3 Å². The highest BCUT2D eigenvalue weighted by molar-refractivity contribution is 7.21. The number of phenols is 1. The van der Waals surface area contributed by atoms with E-state index in [1.807, 2.05) is 0 Å². The Labute approximate surface area is 243 Å². The van der Waals surface area contributed by atoms with Crippen LogP contribution in [0.2, 0.25) is 0 Å². The van der Waals surface area contributed by atoms with Gasteiger partial charge in [-0.25, -0.2) is 13.8 Å². The average molecular weight is 599 g/mol. The number of carbonyl (C=O) groups excluding carboxylic acids is 1. The van der Waals surface area contributed by atoms with E-state index in [-0.39, 0.29) is 35.3 Å². The van der Waals surface area contributed by atoms with E-state index in [0.29, 0.717) is 54.0 Å². The maximum Gasteiger partial charge on any atom is 0.332 e. The van der Waals surface area contributed by atoms with Crippen molar-refractivity contribution in [1.82, 2.24) is 29.0 Å². The van der Waals surface area contributed by atoms with Crippen molar-refractivity contribution in [3.63, 3.8) is 0 Å². The van der Waals surface area contributed by atoms with E-state index in [1.165, 1.54) is 38.8 Å². The minimum absolute atomic E-state index is 0.151. The number of nitrogens with zero attached hydrogens (tertiary/aromatic N) is 6. The Morgan fingerprint density at radius 2 is 1.83 bits per heavy atom. The zero-order chi connectivity index (χ0) is 29.7. The topological polar surface area (TPSA) is 145 Å². The molecule has 42 heavy (non-hydrogen) atoms. The molecule has 1 amide bonds. The van der Waals surface area contributed by atoms with Gasteiger partial charge >= 0.3 is 5.69 Å². The van der Waals surface area contributed by atoms with E-state index >= 15 is 0 Å². The molecule has 1 saturated heterocycles. The molecule has 3 aromatic heterocycles. The molecule has 12 nitrogen and oxygen atoms in total. The number of amides is 1. The second kappa shape index (κ2) is 11.1. The molecule has 0 radical (unpaired) electrons. The number of aromatic nitrogens is 5. The number of aliphatic hydroxyl groups excluding tert-OH is 1. The van der Waals surface area contributed by atoms with Gasteiger partial charge in [0.1, 0.15) is 33.5 Å². The third-order valence-electron chi connectivity index (χ3n) is 8.21. The van der Waals surface area contributed by atoms with E-state index in [2.05, 4.69) is 10.2 Å². The van der Waals surface area contributed by atoms with Gasteiger partial charge in [0, 0.05) is 24.7 Å². The largest absolute Gasteiger partial charge is 0.508 e. The molecule has 2 N–H and O–H groups in total. The highest BCUT2D eigenvalue weighted by atomic mass is 32.1. The van der Waals surface area contributed by atoms with Crippen LogP contribution in [-0.2, 0) is 16.1 Å². The van der Waals surface area contributed by atoms with Crippen LogP contribution in [0, 0.1) is 12.7 Å². The van der Waals surface area contributed by atoms with Crippen molar-refractivity contribution in [2.24, 2.45) is 0 Å². The van der Waals surface area contributed by atoms with Crippen molar-refractivity contribution in [1.29, 1.82) is 0 Å². The highest BCUT2D eigenvalue weighted by Crippen LogP contribution is 2.36. The van der Waals surface area contributed by atoms with Crippen LogP contribution in [0.25, 0.3) is 15.2 Å². The molecule has 1 aromatic carbocycles. The van der Waals surface area contributed by atoms with Gasteiger partial charge in [-0.3, -0.25) is 14.2 Å². The molecule has 4 heterocycles. The number of fused-ring (bicyclic) bond motifs is 1. The van der Waals surface area contributed by atoms with E-state index in [0.717, 1.165) is 22.0 Å². The van der Waals surface area contributed by atoms with Crippen LogP contribution in [0.3, 0.4) is 0 Å². The van der Waals surface area contributed by atoms with Crippen molar-refractivity contribution in [2.45, 2.75) is 69.9 Å². The summed E-state index contributed by atoms with van der Waals surface area (Å²) in [4.78, 5) is 44.3. The van der Waals surface area contributed by atoms with Gasteiger partial charge in [0.15, 0.2) is 0 Å². The average Bonchev–Trinajstić information content (AvgIpc) is 3.69. The summed E-state index contributed by atoms with van der Waals surface area (Å²) < 4.78 is 23.3. The Bertz CT molecular complexity index is 1760. The number of likely N-dealkylation sites (tertiary alicyclic amines) is 1. The van der Waals surface area contributed by atoms with Crippen LogP contribution < -0.4 is 11.2 Å². The fourth-order valence-electron chi connectivity index (χ4n) is 5.92. The summed E-state index contributed by atoms with van der Waals surface area (Å²) in [7, 11) is 1.62. The number of hydrogen-bond donors (Lipinski definition) is 2. The number of rotatable bonds is 7.